The highest BCUT2D eigenvalue weighted by molar-refractivity contribution is 7.92. The van der Waals surface area contributed by atoms with Crippen LogP contribution in [0.5, 0.6) is 0 Å². The number of benzene rings is 3. The molecule has 0 unspecified atom stereocenters. The fourth-order valence-corrected chi connectivity index (χ4v) is 3.87. The number of sulfonamides is 1. The topological polar surface area (TPSA) is 75.3 Å². The van der Waals surface area contributed by atoms with Gasteiger partial charge in [0.05, 0.1) is 15.5 Å². The summed E-state index contributed by atoms with van der Waals surface area (Å²) in [4.78, 5) is 12.4. The van der Waals surface area contributed by atoms with Gasteiger partial charge in [0.2, 0.25) is 0 Å². The van der Waals surface area contributed by atoms with Crippen LogP contribution < -0.4 is 10.0 Å². The molecule has 0 heterocycles. The summed E-state index contributed by atoms with van der Waals surface area (Å²) < 4.78 is 40.5. The van der Waals surface area contributed by atoms with Gasteiger partial charge in [0.15, 0.2) is 0 Å². The average Bonchev–Trinajstić information content (AvgIpc) is 2.69. The van der Waals surface area contributed by atoms with Crippen molar-refractivity contribution in [2.75, 3.05) is 4.72 Å². The minimum Gasteiger partial charge on any atom is -0.348 e. The highest BCUT2D eigenvalue weighted by Gasteiger charge is 2.19. The van der Waals surface area contributed by atoms with E-state index in [9.17, 15) is 17.6 Å². The van der Waals surface area contributed by atoms with Crippen molar-refractivity contribution in [1.82, 2.24) is 5.32 Å². The highest BCUT2D eigenvalue weighted by atomic mass is 35.5. The van der Waals surface area contributed by atoms with Crippen LogP contribution in [0, 0.1) is 5.82 Å². The normalized spacial score (nSPS) is 11.1. The summed E-state index contributed by atoms with van der Waals surface area (Å²) in [6.45, 7) is 0.219. The molecule has 0 aliphatic heterocycles. The standard InChI is InChI=1S/C20H15Cl2FN2O3S/c21-14-3-1-13(2-4-14)12-24-20(26)18-11-17(9-10-19(18)22)29(27,28)25-16-7-5-15(23)6-8-16/h1-11,25H,12H2,(H,24,26). The van der Waals surface area contributed by atoms with Crippen molar-refractivity contribution in [3.8, 4) is 0 Å². The molecule has 0 saturated carbocycles. The second kappa shape index (κ2) is 8.82. The fraction of sp³-hybridized carbons (Fsp3) is 0.0500. The van der Waals surface area contributed by atoms with E-state index in [0.29, 0.717) is 5.02 Å². The van der Waals surface area contributed by atoms with E-state index in [1.54, 1.807) is 24.3 Å². The van der Waals surface area contributed by atoms with Crippen LogP contribution in [0.25, 0.3) is 0 Å². The first-order valence-electron chi connectivity index (χ1n) is 8.35. The van der Waals surface area contributed by atoms with Crippen LogP contribution in [-0.4, -0.2) is 14.3 Å². The van der Waals surface area contributed by atoms with Crippen molar-refractivity contribution in [2.45, 2.75) is 11.4 Å². The quantitative estimate of drug-likeness (QED) is 0.560. The number of nitrogens with one attached hydrogen (secondary N) is 2. The Hall–Kier alpha value is -2.61. The molecular weight excluding hydrogens is 438 g/mol. The summed E-state index contributed by atoms with van der Waals surface area (Å²) in [5.41, 5.74) is 1.03. The Kier molecular flexibility index (Phi) is 6.42. The maximum Gasteiger partial charge on any atom is 0.261 e. The molecule has 150 valence electrons. The van der Waals surface area contributed by atoms with Crippen LogP contribution in [-0.2, 0) is 16.6 Å². The molecule has 0 aliphatic rings. The average molecular weight is 453 g/mol. The van der Waals surface area contributed by atoms with Crippen LogP contribution in [0.15, 0.2) is 71.6 Å². The van der Waals surface area contributed by atoms with Gasteiger partial charge in [-0.2, -0.15) is 0 Å². The summed E-state index contributed by atoms with van der Waals surface area (Å²) in [7, 11) is -4.00. The molecule has 0 atom stereocenters. The first-order valence-corrected chi connectivity index (χ1v) is 10.6. The summed E-state index contributed by atoms with van der Waals surface area (Å²) in [6.07, 6.45) is 0. The Morgan fingerprint density at radius 2 is 1.59 bits per heavy atom. The largest absolute Gasteiger partial charge is 0.348 e. The molecule has 0 radical (unpaired) electrons. The molecule has 29 heavy (non-hydrogen) atoms. The molecule has 5 nitrogen and oxygen atoms in total. The summed E-state index contributed by atoms with van der Waals surface area (Å²) in [5.74, 6) is -1.01. The fourth-order valence-electron chi connectivity index (χ4n) is 2.46. The lowest BCUT2D eigenvalue weighted by molar-refractivity contribution is 0.0951. The number of hydrogen-bond acceptors (Lipinski definition) is 3. The van der Waals surface area contributed by atoms with E-state index in [-0.39, 0.29) is 27.7 Å². The molecule has 0 saturated heterocycles. The van der Waals surface area contributed by atoms with Crippen LogP contribution in [0.3, 0.4) is 0 Å². The van der Waals surface area contributed by atoms with Gasteiger partial charge in [0.1, 0.15) is 5.82 Å². The van der Waals surface area contributed by atoms with E-state index in [1.807, 2.05) is 0 Å². The van der Waals surface area contributed by atoms with Gasteiger partial charge in [0.25, 0.3) is 15.9 Å². The third-order valence-electron chi connectivity index (χ3n) is 3.96. The van der Waals surface area contributed by atoms with Gasteiger partial charge < -0.3 is 5.32 Å². The Morgan fingerprint density at radius 3 is 2.24 bits per heavy atom. The van der Waals surface area contributed by atoms with Crippen LogP contribution in [0.4, 0.5) is 10.1 Å². The SMILES string of the molecule is O=C(NCc1ccc(Cl)cc1)c1cc(S(=O)(=O)Nc2ccc(F)cc2)ccc1Cl. The summed E-state index contributed by atoms with van der Waals surface area (Å²) >= 11 is 11.9. The third kappa shape index (κ3) is 5.47. The van der Waals surface area contributed by atoms with Crippen molar-refractivity contribution in [2.24, 2.45) is 0 Å². The number of halogens is 3. The molecule has 0 aliphatic carbocycles. The number of carbonyl (C=O) groups excluding carboxylic acids is 1. The molecule has 0 spiro atoms. The van der Waals surface area contributed by atoms with Crippen LogP contribution >= 0.6 is 23.2 Å². The minimum absolute atomic E-state index is 0.0163. The lowest BCUT2D eigenvalue weighted by atomic mass is 10.2. The maximum atomic E-state index is 13.0. The lowest BCUT2D eigenvalue weighted by Crippen LogP contribution is -2.23. The van der Waals surface area contributed by atoms with Crippen molar-refractivity contribution in [3.63, 3.8) is 0 Å². The predicted octanol–water partition coefficient (Wildman–Crippen LogP) is 4.86. The first kappa shape index (κ1) is 21.1. The van der Waals surface area contributed by atoms with Crippen molar-refractivity contribution >= 4 is 44.8 Å². The second-order valence-electron chi connectivity index (χ2n) is 6.06. The van der Waals surface area contributed by atoms with E-state index >= 15 is 0 Å². The first-order chi connectivity index (χ1) is 13.7. The molecule has 3 rings (SSSR count). The molecule has 3 aromatic carbocycles. The van der Waals surface area contributed by atoms with E-state index in [4.69, 9.17) is 23.2 Å². The Balaban J connectivity index is 1.78. The predicted molar refractivity (Wildman–Crippen MR) is 111 cm³/mol. The molecule has 9 heteroatoms. The number of carbonyl (C=O) groups is 1. The molecule has 1 amide bonds. The molecule has 0 bridgehead atoms. The van der Waals surface area contributed by atoms with Gasteiger partial charge in [-0.05, 0) is 60.2 Å². The minimum atomic E-state index is -4.00. The van der Waals surface area contributed by atoms with Gasteiger partial charge in [-0.25, -0.2) is 12.8 Å². The Bertz CT molecular complexity index is 1140. The molecule has 3 aromatic rings. The summed E-state index contributed by atoms with van der Waals surface area (Å²) in [6, 6.07) is 15.6. The molecule has 0 aromatic heterocycles. The van der Waals surface area contributed by atoms with Gasteiger partial charge in [-0.15, -0.1) is 0 Å². The Morgan fingerprint density at radius 1 is 0.931 bits per heavy atom. The lowest BCUT2D eigenvalue weighted by Gasteiger charge is -2.11. The van der Waals surface area contributed by atoms with E-state index in [1.165, 1.54) is 30.3 Å². The number of amides is 1. The molecule has 2 N–H and O–H groups in total. The summed E-state index contributed by atoms with van der Waals surface area (Å²) in [5, 5.41) is 3.38. The number of hydrogen-bond donors (Lipinski definition) is 2. The zero-order chi connectivity index (χ0) is 21.0. The van der Waals surface area contributed by atoms with Crippen molar-refractivity contribution < 1.29 is 17.6 Å². The smallest absolute Gasteiger partial charge is 0.261 e. The van der Waals surface area contributed by atoms with Gasteiger partial charge in [-0.1, -0.05) is 35.3 Å². The zero-order valence-corrected chi connectivity index (χ0v) is 17.2. The van der Waals surface area contributed by atoms with Gasteiger partial charge >= 0.3 is 0 Å². The third-order valence-corrected chi connectivity index (χ3v) is 5.92. The van der Waals surface area contributed by atoms with Crippen molar-refractivity contribution in [3.05, 3.63) is 93.7 Å². The highest BCUT2D eigenvalue weighted by Crippen LogP contribution is 2.23. The van der Waals surface area contributed by atoms with Gasteiger partial charge in [0, 0.05) is 17.3 Å². The number of anilines is 1. The monoisotopic (exact) mass is 452 g/mol. The maximum absolute atomic E-state index is 13.0. The van der Waals surface area contributed by atoms with E-state index < -0.39 is 21.7 Å². The zero-order valence-electron chi connectivity index (χ0n) is 14.8. The van der Waals surface area contributed by atoms with E-state index in [0.717, 1.165) is 17.7 Å². The number of rotatable bonds is 6. The van der Waals surface area contributed by atoms with Crippen molar-refractivity contribution in [1.29, 1.82) is 0 Å². The molecular formula is C20H15Cl2FN2O3S. The Labute approximate surface area is 177 Å². The van der Waals surface area contributed by atoms with Crippen LogP contribution in [0.2, 0.25) is 10.0 Å². The second-order valence-corrected chi connectivity index (χ2v) is 8.59. The molecule has 0 fully saturated rings. The van der Waals surface area contributed by atoms with Crippen LogP contribution in [0.1, 0.15) is 15.9 Å². The van der Waals surface area contributed by atoms with E-state index in [2.05, 4.69) is 10.0 Å². The van der Waals surface area contributed by atoms with Gasteiger partial charge in [-0.3, -0.25) is 9.52 Å².